The molecular formula is C51H73N5O6+2. The number of aromatic nitrogens is 2. The second kappa shape index (κ2) is 28.3. The summed E-state index contributed by atoms with van der Waals surface area (Å²) < 4.78 is 15.7. The first-order valence-corrected chi connectivity index (χ1v) is 23.4. The van der Waals surface area contributed by atoms with Crippen molar-refractivity contribution in [1.29, 1.82) is 0 Å². The highest BCUT2D eigenvalue weighted by molar-refractivity contribution is 6.00. The van der Waals surface area contributed by atoms with E-state index < -0.39 is 29.7 Å². The van der Waals surface area contributed by atoms with Crippen LogP contribution in [0.4, 0.5) is 0 Å². The average molecular weight is 852 g/mol. The van der Waals surface area contributed by atoms with Gasteiger partial charge in [0.2, 0.25) is 0 Å². The van der Waals surface area contributed by atoms with E-state index >= 15 is 0 Å². The molecule has 5 N–H and O–H groups in total. The number of benzene rings is 1. The number of pyridine rings is 2. The van der Waals surface area contributed by atoms with E-state index in [1.165, 1.54) is 77.0 Å². The van der Waals surface area contributed by atoms with Crippen LogP contribution in [0.3, 0.4) is 0 Å². The molecular weight excluding hydrogens is 779 g/mol. The number of allylic oxidation sites excluding steroid dienone is 2. The van der Waals surface area contributed by atoms with Crippen molar-refractivity contribution in [3.63, 3.8) is 0 Å². The quantitative estimate of drug-likeness (QED) is 0.0331. The van der Waals surface area contributed by atoms with Gasteiger partial charge in [0.25, 0.3) is 11.8 Å². The molecule has 0 saturated carbocycles. The number of amides is 2. The average Bonchev–Trinajstić information content (AvgIpc) is 3.27. The van der Waals surface area contributed by atoms with Gasteiger partial charge < -0.3 is 26.3 Å². The number of hydrogen-bond acceptors (Lipinski definition) is 7. The molecule has 0 radical (unpaired) electrons. The number of nitrogens with zero attached hydrogens (tertiary/aromatic N) is 2. The summed E-state index contributed by atoms with van der Waals surface area (Å²) in [6.07, 6.45) is 29.9. The molecule has 3 heterocycles. The summed E-state index contributed by atoms with van der Waals surface area (Å²) in [6.45, 7) is 5.20. The first-order valence-electron chi connectivity index (χ1n) is 23.4. The Morgan fingerprint density at radius 2 is 0.887 bits per heavy atom. The lowest BCUT2D eigenvalue weighted by molar-refractivity contribution is -0.692. The Labute approximate surface area is 370 Å². The number of rotatable bonds is 31. The largest absolute Gasteiger partial charge is 0.462 e. The van der Waals surface area contributed by atoms with Crippen LogP contribution in [0.1, 0.15) is 174 Å². The van der Waals surface area contributed by atoms with Crippen molar-refractivity contribution in [1.82, 2.24) is 5.32 Å². The second-order valence-corrected chi connectivity index (χ2v) is 16.6. The second-order valence-electron chi connectivity index (χ2n) is 16.6. The van der Waals surface area contributed by atoms with Crippen LogP contribution < -0.4 is 25.9 Å². The number of carbonyl (C=O) groups is 4. The third kappa shape index (κ3) is 16.9. The van der Waals surface area contributed by atoms with Crippen molar-refractivity contribution < 1.29 is 37.8 Å². The maximum Gasteiger partial charge on any atom is 0.337 e. The highest BCUT2D eigenvalue weighted by Crippen LogP contribution is 2.40. The van der Waals surface area contributed by atoms with E-state index in [1.54, 1.807) is 58.2 Å². The highest BCUT2D eigenvalue weighted by Gasteiger charge is 2.42. The van der Waals surface area contributed by atoms with Crippen LogP contribution in [0.2, 0.25) is 0 Å². The smallest absolute Gasteiger partial charge is 0.337 e. The minimum atomic E-state index is -0.859. The predicted octanol–water partition coefficient (Wildman–Crippen LogP) is 8.98. The number of nitrogens with one attached hydrogen (secondary N) is 1. The van der Waals surface area contributed by atoms with E-state index in [1.807, 2.05) is 30.3 Å². The van der Waals surface area contributed by atoms with Gasteiger partial charge in [-0.2, -0.15) is 9.13 Å². The van der Waals surface area contributed by atoms with Crippen molar-refractivity contribution >= 4 is 23.8 Å². The maximum absolute atomic E-state index is 14.6. The van der Waals surface area contributed by atoms with Crippen molar-refractivity contribution in [3.8, 4) is 0 Å². The van der Waals surface area contributed by atoms with E-state index in [0.29, 0.717) is 28.1 Å². The zero-order valence-corrected chi connectivity index (χ0v) is 37.6. The van der Waals surface area contributed by atoms with Crippen LogP contribution >= 0.6 is 0 Å². The molecule has 11 heteroatoms. The molecule has 0 spiro atoms. The minimum absolute atomic E-state index is 0.129. The zero-order valence-electron chi connectivity index (χ0n) is 37.6. The Hall–Kier alpha value is -5.32. The van der Waals surface area contributed by atoms with Crippen LogP contribution in [0.25, 0.3) is 0 Å². The van der Waals surface area contributed by atoms with Gasteiger partial charge >= 0.3 is 11.9 Å². The van der Waals surface area contributed by atoms with Gasteiger partial charge in [0.15, 0.2) is 37.9 Å². The van der Waals surface area contributed by atoms with Crippen molar-refractivity contribution in [2.24, 2.45) is 11.5 Å². The van der Waals surface area contributed by atoms with Gasteiger partial charge in [0.05, 0.1) is 41.7 Å². The van der Waals surface area contributed by atoms with Gasteiger partial charge in [-0.05, 0) is 30.5 Å². The number of dihydropyridines is 1. The van der Waals surface area contributed by atoms with Crippen molar-refractivity contribution in [2.75, 3.05) is 13.2 Å². The summed E-state index contributed by atoms with van der Waals surface area (Å²) in [5.74, 6) is -3.09. The number of primary amides is 2. The summed E-state index contributed by atoms with van der Waals surface area (Å²) >= 11 is 0. The Morgan fingerprint density at radius 1 is 0.516 bits per heavy atom. The lowest BCUT2D eigenvalue weighted by Crippen LogP contribution is -2.46. The first-order chi connectivity index (χ1) is 30.2. The molecule has 336 valence electrons. The van der Waals surface area contributed by atoms with E-state index in [9.17, 15) is 19.2 Å². The molecule has 0 unspecified atom stereocenters. The normalized spacial score (nSPS) is 12.9. The minimum Gasteiger partial charge on any atom is -0.462 e. The summed E-state index contributed by atoms with van der Waals surface area (Å²) in [5.41, 5.74) is 14.2. The van der Waals surface area contributed by atoms with Crippen molar-refractivity contribution in [2.45, 2.75) is 161 Å². The lowest BCUT2D eigenvalue weighted by atomic mass is 9.80. The van der Waals surface area contributed by atoms with E-state index in [2.05, 4.69) is 19.2 Å². The summed E-state index contributed by atoms with van der Waals surface area (Å²) in [5, 5.41) is 3.48. The van der Waals surface area contributed by atoms with E-state index in [4.69, 9.17) is 20.9 Å². The van der Waals surface area contributed by atoms with E-state index in [0.717, 1.165) is 51.4 Å². The Morgan fingerprint density at radius 3 is 1.26 bits per heavy atom. The fourth-order valence-corrected chi connectivity index (χ4v) is 8.08. The Bertz CT molecular complexity index is 1810. The molecule has 0 saturated heterocycles. The molecule has 62 heavy (non-hydrogen) atoms. The fourth-order valence-electron chi connectivity index (χ4n) is 8.08. The van der Waals surface area contributed by atoms with Crippen LogP contribution in [0.15, 0.2) is 102 Å². The number of carbonyl (C=O) groups excluding carboxylic acids is 4. The number of unbranched alkanes of at least 4 members (excludes halogenated alkanes) is 18. The molecule has 4 rings (SSSR count). The molecule has 1 aromatic carbocycles. The van der Waals surface area contributed by atoms with Gasteiger partial charge in [-0.15, -0.1) is 0 Å². The molecule has 11 nitrogen and oxygen atoms in total. The molecule has 0 aliphatic carbocycles. The summed E-state index contributed by atoms with van der Waals surface area (Å²) in [6, 6.07) is 16.2. The van der Waals surface area contributed by atoms with Crippen molar-refractivity contribution in [3.05, 3.63) is 119 Å². The Kier molecular flexibility index (Phi) is 22.5. The van der Waals surface area contributed by atoms with Gasteiger partial charge in [0.1, 0.15) is 11.1 Å². The van der Waals surface area contributed by atoms with E-state index in [-0.39, 0.29) is 37.4 Å². The number of esters is 2. The lowest BCUT2D eigenvalue weighted by Gasteiger charge is -2.31. The molecule has 1 aliphatic rings. The number of hydrogen-bond donors (Lipinski definition) is 3. The summed E-state index contributed by atoms with van der Waals surface area (Å²) in [7, 11) is 0. The highest BCUT2D eigenvalue weighted by atomic mass is 16.5. The molecule has 0 atom stereocenters. The van der Waals surface area contributed by atoms with Gasteiger partial charge in [0, 0.05) is 12.1 Å². The fraction of sp³-hybridized carbons (Fsp3) is 0.529. The standard InChI is InChI=1S/C51H71N5O6/c1-3-5-7-9-11-13-15-17-19-24-34-61-50(59)46-43(38-55-32-26-30-41(36-55)48(52)57)54-44(39-56-33-27-31-42(37-56)49(53)58)47(45(46)40-28-22-21-23-29-40)51(60)62-35-25-20-18-16-14-12-10-8-6-4-2/h21-23,26-33,36-37,45H,3-20,24-25,34-35,38-39H2,1-2H3,(H3-2,52,53,54,57,58,59,60)/p+2. The van der Waals surface area contributed by atoms with Gasteiger partial charge in [-0.3, -0.25) is 9.59 Å². The molecule has 2 amide bonds. The monoisotopic (exact) mass is 852 g/mol. The maximum atomic E-state index is 14.6. The van der Waals surface area contributed by atoms with Crippen LogP contribution in [0, 0.1) is 0 Å². The van der Waals surface area contributed by atoms with Crippen LogP contribution in [0.5, 0.6) is 0 Å². The molecule has 0 bridgehead atoms. The van der Waals surface area contributed by atoms with Gasteiger partial charge in [-0.1, -0.05) is 160 Å². The third-order valence-corrected chi connectivity index (χ3v) is 11.5. The number of nitrogens with two attached hydrogens (primary N) is 2. The molecule has 3 aromatic rings. The SMILES string of the molecule is CCCCCCCCCCCCOC(=O)C1=C(C[n+]2cccc(C(N)=O)c2)NC(C[n+]2cccc(C(N)=O)c2)=C(C(=O)OCCCCCCCCCCCC)C1c1ccccc1. The topological polar surface area (TPSA) is 159 Å². The zero-order chi connectivity index (χ0) is 44.4. The predicted molar refractivity (Wildman–Crippen MR) is 242 cm³/mol. The molecule has 0 fully saturated rings. The summed E-state index contributed by atoms with van der Waals surface area (Å²) in [4.78, 5) is 53.6. The Balaban J connectivity index is 1.64. The van der Waals surface area contributed by atoms with Crippen LogP contribution in [-0.4, -0.2) is 37.0 Å². The molecule has 2 aromatic heterocycles. The number of ether oxygens (including phenoxy) is 2. The van der Waals surface area contributed by atoms with Gasteiger partial charge in [-0.25, -0.2) is 9.59 Å². The van der Waals surface area contributed by atoms with Crippen LogP contribution in [-0.2, 0) is 32.2 Å². The third-order valence-electron chi connectivity index (χ3n) is 11.5. The molecule has 1 aliphatic heterocycles. The first kappa shape index (κ1) is 49.3.